The van der Waals surface area contributed by atoms with Crippen molar-refractivity contribution in [3.05, 3.63) is 24.4 Å². The number of rotatable bonds is 1. The number of hydrogen-bond donors (Lipinski definition) is 1. The van der Waals surface area contributed by atoms with Gasteiger partial charge >= 0.3 is 0 Å². The van der Waals surface area contributed by atoms with E-state index < -0.39 is 0 Å². The first-order chi connectivity index (χ1) is 6.36. The fourth-order valence-corrected chi connectivity index (χ4v) is 1.68. The summed E-state index contributed by atoms with van der Waals surface area (Å²) in [5, 5.41) is 3.41. The van der Waals surface area contributed by atoms with Gasteiger partial charge in [-0.3, -0.25) is 0 Å². The van der Waals surface area contributed by atoms with Crippen molar-refractivity contribution in [1.82, 2.24) is 10.3 Å². The highest BCUT2D eigenvalue weighted by molar-refractivity contribution is 8.93. The van der Waals surface area contributed by atoms with Crippen molar-refractivity contribution in [3.8, 4) is 0 Å². The van der Waals surface area contributed by atoms with Crippen LogP contribution in [0.15, 0.2) is 24.4 Å². The lowest BCUT2D eigenvalue weighted by molar-refractivity contribution is 0.482. The average molecular weight is 258 g/mol. The molecule has 4 heteroatoms. The fraction of sp³-hybridized carbons (Fsp3) is 0.500. The number of pyridine rings is 1. The number of halogens is 1. The van der Waals surface area contributed by atoms with E-state index in [1.807, 2.05) is 18.3 Å². The van der Waals surface area contributed by atoms with Gasteiger partial charge in [-0.05, 0) is 19.1 Å². The van der Waals surface area contributed by atoms with Gasteiger partial charge in [0.15, 0.2) is 0 Å². The molecule has 0 aromatic carbocycles. The molecule has 1 aromatic heterocycles. The van der Waals surface area contributed by atoms with Crippen molar-refractivity contribution >= 4 is 22.8 Å². The highest BCUT2D eigenvalue weighted by Gasteiger charge is 2.15. The Hall–Kier alpha value is -0.610. The molecule has 2 rings (SSSR count). The predicted molar refractivity (Wildman–Crippen MR) is 64.2 cm³/mol. The van der Waals surface area contributed by atoms with Gasteiger partial charge in [0.25, 0.3) is 0 Å². The van der Waals surface area contributed by atoms with Gasteiger partial charge in [-0.15, -0.1) is 17.0 Å². The van der Waals surface area contributed by atoms with Gasteiger partial charge in [0.1, 0.15) is 5.82 Å². The van der Waals surface area contributed by atoms with Crippen LogP contribution >= 0.6 is 17.0 Å². The number of hydrogen-bond acceptors (Lipinski definition) is 3. The molecule has 0 saturated carbocycles. The first-order valence-electron chi connectivity index (χ1n) is 4.75. The summed E-state index contributed by atoms with van der Waals surface area (Å²) in [5.41, 5.74) is 0. The Bertz CT molecular complexity index is 265. The summed E-state index contributed by atoms with van der Waals surface area (Å²) < 4.78 is 0. The van der Waals surface area contributed by atoms with Crippen LogP contribution in [0.25, 0.3) is 0 Å². The summed E-state index contributed by atoms with van der Waals surface area (Å²) in [6, 6.07) is 6.62. The SMILES string of the molecule is Br.CC1CN(c2ccccn2)CCN1. The molecule has 0 bridgehead atoms. The van der Waals surface area contributed by atoms with Crippen LogP contribution in [0.2, 0.25) is 0 Å². The first kappa shape index (κ1) is 11.5. The second-order valence-electron chi connectivity index (χ2n) is 3.49. The molecule has 2 heterocycles. The summed E-state index contributed by atoms with van der Waals surface area (Å²) in [4.78, 5) is 6.66. The summed E-state index contributed by atoms with van der Waals surface area (Å²) in [6.07, 6.45) is 1.85. The largest absolute Gasteiger partial charge is 0.354 e. The van der Waals surface area contributed by atoms with E-state index in [1.54, 1.807) is 0 Å². The number of piperazine rings is 1. The van der Waals surface area contributed by atoms with Crippen LogP contribution in [0.1, 0.15) is 6.92 Å². The standard InChI is InChI=1S/C10H15N3.BrH/c1-9-8-13(7-6-11-9)10-4-2-3-5-12-10;/h2-5,9,11H,6-8H2,1H3;1H. The lowest BCUT2D eigenvalue weighted by Crippen LogP contribution is -2.49. The molecule has 1 saturated heterocycles. The van der Waals surface area contributed by atoms with Crippen LogP contribution in [0.4, 0.5) is 5.82 Å². The lowest BCUT2D eigenvalue weighted by Gasteiger charge is -2.32. The first-order valence-corrected chi connectivity index (χ1v) is 4.75. The van der Waals surface area contributed by atoms with E-state index in [2.05, 4.69) is 28.2 Å². The lowest BCUT2D eigenvalue weighted by atomic mass is 10.2. The van der Waals surface area contributed by atoms with Crippen molar-refractivity contribution in [3.63, 3.8) is 0 Å². The van der Waals surface area contributed by atoms with Gasteiger partial charge in [-0.1, -0.05) is 6.07 Å². The molecule has 1 unspecified atom stereocenters. The third-order valence-corrected chi connectivity index (χ3v) is 2.34. The van der Waals surface area contributed by atoms with E-state index in [0.717, 1.165) is 25.5 Å². The monoisotopic (exact) mass is 257 g/mol. The molecule has 1 aliphatic rings. The fourth-order valence-electron chi connectivity index (χ4n) is 1.68. The minimum Gasteiger partial charge on any atom is -0.354 e. The molecular weight excluding hydrogens is 242 g/mol. The maximum absolute atomic E-state index is 4.34. The molecule has 0 radical (unpaired) electrons. The third kappa shape index (κ3) is 2.69. The molecule has 1 aliphatic heterocycles. The normalized spacial score (nSPS) is 21.5. The molecule has 0 spiro atoms. The van der Waals surface area contributed by atoms with E-state index in [4.69, 9.17) is 0 Å². The summed E-state index contributed by atoms with van der Waals surface area (Å²) in [6.45, 7) is 5.37. The molecule has 3 nitrogen and oxygen atoms in total. The van der Waals surface area contributed by atoms with E-state index in [-0.39, 0.29) is 17.0 Å². The highest BCUT2D eigenvalue weighted by Crippen LogP contribution is 2.10. The molecule has 0 amide bonds. The van der Waals surface area contributed by atoms with Gasteiger partial charge in [0, 0.05) is 31.9 Å². The summed E-state index contributed by atoms with van der Waals surface area (Å²) in [5.74, 6) is 1.09. The molecule has 1 atom stereocenters. The smallest absolute Gasteiger partial charge is 0.128 e. The van der Waals surface area contributed by atoms with Crippen molar-refractivity contribution in [2.75, 3.05) is 24.5 Å². The van der Waals surface area contributed by atoms with Crippen LogP contribution in [0.3, 0.4) is 0 Å². The Kier molecular flexibility index (Phi) is 4.35. The van der Waals surface area contributed by atoms with E-state index in [0.29, 0.717) is 6.04 Å². The highest BCUT2D eigenvalue weighted by atomic mass is 79.9. The Morgan fingerprint density at radius 3 is 3.00 bits per heavy atom. The predicted octanol–water partition coefficient (Wildman–Crippen LogP) is 1.46. The molecule has 78 valence electrons. The minimum absolute atomic E-state index is 0. The second kappa shape index (κ2) is 5.32. The van der Waals surface area contributed by atoms with Crippen LogP contribution in [-0.4, -0.2) is 30.7 Å². The zero-order valence-corrected chi connectivity index (χ0v) is 10.0. The Labute approximate surface area is 95.3 Å². The van der Waals surface area contributed by atoms with E-state index in [1.165, 1.54) is 0 Å². The van der Waals surface area contributed by atoms with Crippen molar-refractivity contribution < 1.29 is 0 Å². The van der Waals surface area contributed by atoms with Crippen LogP contribution in [0, 0.1) is 0 Å². The third-order valence-electron chi connectivity index (χ3n) is 2.34. The van der Waals surface area contributed by atoms with Crippen LogP contribution in [-0.2, 0) is 0 Å². The van der Waals surface area contributed by atoms with Gasteiger partial charge in [0.05, 0.1) is 0 Å². The van der Waals surface area contributed by atoms with Crippen molar-refractivity contribution in [1.29, 1.82) is 0 Å². The van der Waals surface area contributed by atoms with Crippen molar-refractivity contribution in [2.24, 2.45) is 0 Å². The number of nitrogens with one attached hydrogen (secondary N) is 1. The van der Waals surface area contributed by atoms with Crippen LogP contribution < -0.4 is 10.2 Å². The minimum atomic E-state index is 0. The zero-order valence-electron chi connectivity index (χ0n) is 8.31. The molecule has 1 fully saturated rings. The van der Waals surface area contributed by atoms with E-state index >= 15 is 0 Å². The zero-order chi connectivity index (χ0) is 9.10. The maximum Gasteiger partial charge on any atom is 0.128 e. The molecule has 1 N–H and O–H groups in total. The average Bonchev–Trinajstić information content (AvgIpc) is 2.19. The molecule has 0 aliphatic carbocycles. The molecule has 1 aromatic rings. The van der Waals surface area contributed by atoms with E-state index in [9.17, 15) is 0 Å². The second-order valence-corrected chi connectivity index (χ2v) is 3.49. The molecular formula is C10H16BrN3. The molecule has 14 heavy (non-hydrogen) atoms. The quantitative estimate of drug-likeness (QED) is 0.826. The number of aromatic nitrogens is 1. The maximum atomic E-state index is 4.34. The Balaban J connectivity index is 0.000000980. The summed E-state index contributed by atoms with van der Waals surface area (Å²) in [7, 11) is 0. The van der Waals surface area contributed by atoms with Crippen molar-refractivity contribution in [2.45, 2.75) is 13.0 Å². The van der Waals surface area contributed by atoms with Gasteiger partial charge < -0.3 is 10.2 Å². The topological polar surface area (TPSA) is 28.2 Å². The summed E-state index contributed by atoms with van der Waals surface area (Å²) >= 11 is 0. The number of anilines is 1. The number of nitrogens with zero attached hydrogens (tertiary/aromatic N) is 2. The van der Waals surface area contributed by atoms with Gasteiger partial charge in [-0.25, -0.2) is 4.98 Å². The Morgan fingerprint density at radius 1 is 1.50 bits per heavy atom. The Morgan fingerprint density at radius 2 is 2.36 bits per heavy atom. The van der Waals surface area contributed by atoms with Crippen LogP contribution in [0.5, 0.6) is 0 Å². The van der Waals surface area contributed by atoms with Gasteiger partial charge in [0.2, 0.25) is 0 Å². The van der Waals surface area contributed by atoms with Gasteiger partial charge in [-0.2, -0.15) is 0 Å².